The predicted molar refractivity (Wildman–Crippen MR) is 110 cm³/mol. The van der Waals surface area contributed by atoms with Crippen LogP contribution in [0.15, 0.2) is 56.8 Å². The first-order valence-electron chi connectivity index (χ1n) is 8.11. The van der Waals surface area contributed by atoms with Crippen LogP contribution in [0.25, 0.3) is 6.08 Å². The molecule has 0 spiro atoms. The molecule has 0 saturated carbocycles. The van der Waals surface area contributed by atoms with E-state index in [1.807, 2.05) is 43.3 Å². The predicted octanol–water partition coefficient (Wildman–Crippen LogP) is 5.69. The van der Waals surface area contributed by atoms with Gasteiger partial charge in [0.05, 0.1) is 10.6 Å². The van der Waals surface area contributed by atoms with E-state index >= 15 is 0 Å². The van der Waals surface area contributed by atoms with E-state index < -0.39 is 0 Å². The molecular formula is C20H19BrN2OS. The third kappa shape index (κ3) is 4.05. The number of benzene rings is 2. The van der Waals surface area contributed by atoms with E-state index in [0.717, 1.165) is 20.9 Å². The quantitative estimate of drug-likeness (QED) is 0.604. The van der Waals surface area contributed by atoms with Crippen LogP contribution in [0.4, 0.5) is 5.69 Å². The number of rotatable bonds is 3. The Morgan fingerprint density at radius 2 is 1.96 bits per heavy atom. The van der Waals surface area contributed by atoms with E-state index in [2.05, 4.69) is 41.9 Å². The molecule has 0 radical (unpaired) electrons. The van der Waals surface area contributed by atoms with Gasteiger partial charge in [-0.1, -0.05) is 34.1 Å². The molecule has 1 amide bonds. The van der Waals surface area contributed by atoms with E-state index in [4.69, 9.17) is 4.99 Å². The van der Waals surface area contributed by atoms with Crippen LogP contribution in [-0.4, -0.2) is 22.5 Å². The Kier molecular flexibility index (Phi) is 5.45. The van der Waals surface area contributed by atoms with Gasteiger partial charge in [-0.05, 0) is 79.6 Å². The van der Waals surface area contributed by atoms with Crippen LogP contribution in [-0.2, 0) is 4.79 Å². The molecule has 0 aliphatic carbocycles. The Balaban J connectivity index is 1.94. The molecule has 5 heteroatoms. The zero-order chi connectivity index (χ0) is 18.0. The van der Waals surface area contributed by atoms with Gasteiger partial charge in [-0.3, -0.25) is 9.69 Å². The Hall–Kier alpha value is -1.85. The summed E-state index contributed by atoms with van der Waals surface area (Å²) in [6.45, 7) is 6.72. The largest absolute Gasteiger partial charge is 0.287 e. The average molecular weight is 415 g/mol. The molecule has 25 heavy (non-hydrogen) atoms. The van der Waals surface area contributed by atoms with Crippen molar-refractivity contribution in [1.82, 2.24) is 4.90 Å². The number of amidine groups is 1. The van der Waals surface area contributed by atoms with Crippen molar-refractivity contribution in [3.63, 3.8) is 0 Å². The number of thioether (sulfide) groups is 1. The molecule has 2 aromatic carbocycles. The van der Waals surface area contributed by atoms with Crippen LogP contribution in [0.5, 0.6) is 0 Å². The smallest absolute Gasteiger partial charge is 0.266 e. The standard InChI is InChI=1S/C20H19BrN2OS/c1-4-23-19(24)18(12-15-6-5-7-16(21)11-15)25-20(23)22-17-9-8-13(2)14(3)10-17/h5-12H,4H2,1-3H3/b18-12-,22-20?. The number of likely N-dealkylation sites (N-methyl/N-ethyl adjacent to an activating group) is 1. The molecule has 1 saturated heterocycles. The van der Waals surface area contributed by atoms with Crippen molar-refractivity contribution >= 4 is 50.5 Å². The number of aryl methyl sites for hydroxylation is 2. The van der Waals surface area contributed by atoms with Gasteiger partial charge in [0, 0.05) is 11.0 Å². The SMILES string of the molecule is CCN1C(=O)/C(=C/c2cccc(Br)c2)SC1=Nc1ccc(C)c(C)c1. The highest BCUT2D eigenvalue weighted by Crippen LogP contribution is 2.34. The van der Waals surface area contributed by atoms with E-state index in [0.29, 0.717) is 11.4 Å². The summed E-state index contributed by atoms with van der Waals surface area (Å²) in [6, 6.07) is 14.0. The highest BCUT2D eigenvalue weighted by molar-refractivity contribution is 9.10. The molecule has 2 aromatic rings. The second-order valence-electron chi connectivity index (χ2n) is 5.88. The summed E-state index contributed by atoms with van der Waals surface area (Å²) in [5.41, 5.74) is 4.31. The minimum absolute atomic E-state index is 0.00931. The molecule has 1 fully saturated rings. The van der Waals surface area contributed by atoms with Gasteiger partial charge >= 0.3 is 0 Å². The van der Waals surface area contributed by atoms with Crippen molar-refractivity contribution in [2.24, 2.45) is 4.99 Å². The van der Waals surface area contributed by atoms with Gasteiger partial charge in [0.15, 0.2) is 5.17 Å². The first kappa shape index (κ1) is 18.0. The fourth-order valence-corrected chi connectivity index (χ4v) is 4.00. The van der Waals surface area contributed by atoms with Crippen LogP contribution >= 0.6 is 27.7 Å². The van der Waals surface area contributed by atoms with Crippen LogP contribution in [0.3, 0.4) is 0 Å². The van der Waals surface area contributed by atoms with Crippen molar-refractivity contribution in [3.05, 3.63) is 68.5 Å². The van der Waals surface area contributed by atoms with Gasteiger partial charge in [0.2, 0.25) is 0 Å². The number of amides is 1. The van der Waals surface area contributed by atoms with Crippen LogP contribution in [0.1, 0.15) is 23.6 Å². The number of aliphatic imine (C=N–C) groups is 1. The summed E-state index contributed by atoms with van der Waals surface area (Å²) in [7, 11) is 0. The van der Waals surface area contributed by atoms with E-state index in [1.54, 1.807) is 4.90 Å². The topological polar surface area (TPSA) is 32.7 Å². The number of hydrogen-bond donors (Lipinski definition) is 0. The van der Waals surface area contributed by atoms with Crippen molar-refractivity contribution in [2.45, 2.75) is 20.8 Å². The maximum Gasteiger partial charge on any atom is 0.266 e. The fraction of sp³-hybridized carbons (Fsp3) is 0.200. The average Bonchev–Trinajstić information content (AvgIpc) is 2.86. The van der Waals surface area contributed by atoms with Gasteiger partial charge in [-0.15, -0.1) is 0 Å². The number of hydrogen-bond acceptors (Lipinski definition) is 3. The third-order valence-electron chi connectivity index (χ3n) is 4.07. The van der Waals surface area contributed by atoms with Crippen LogP contribution in [0.2, 0.25) is 0 Å². The maximum atomic E-state index is 12.7. The summed E-state index contributed by atoms with van der Waals surface area (Å²) in [5, 5.41) is 0.733. The molecular weight excluding hydrogens is 396 g/mol. The van der Waals surface area contributed by atoms with Crippen LogP contribution < -0.4 is 0 Å². The van der Waals surface area contributed by atoms with E-state index in [9.17, 15) is 4.79 Å². The molecule has 0 atom stereocenters. The highest BCUT2D eigenvalue weighted by Gasteiger charge is 2.32. The first-order valence-corrected chi connectivity index (χ1v) is 9.72. The first-order chi connectivity index (χ1) is 12.0. The van der Waals surface area contributed by atoms with Gasteiger partial charge < -0.3 is 0 Å². The molecule has 128 valence electrons. The Bertz CT molecular complexity index is 889. The van der Waals surface area contributed by atoms with Gasteiger partial charge in [0.25, 0.3) is 5.91 Å². The number of carbonyl (C=O) groups excluding carboxylic acids is 1. The van der Waals surface area contributed by atoms with Crippen molar-refractivity contribution in [2.75, 3.05) is 6.54 Å². The second-order valence-corrected chi connectivity index (χ2v) is 7.80. The molecule has 1 aliphatic rings. The van der Waals surface area contributed by atoms with Crippen molar-refractivity contribution < 1.29 is 4.79 Å². The van der Waals surface area contributed by atoms with Gasteiger partial charge in [-0.2, -0.15) is 0 Å². The molecule has 0 aromatic heterocycles. The lowest BCUT2D eigenvalue weighted by Gasteiger charge is -2.12. The molecule has 1 aliphatic heterocycles. The summed E-state index contributed by atoms with van der Waals surface area (Å²) in [5.74, 6) is 0.00931. The Labute approximate surface area is 161 Å². The van der Waals surface area contributed by atoms with Crippen molar-refractivity contribution in [3.8, 4) is 0 Å². The monoisotopic (exact) mass is 414 g/mol. The molecule has 0 unspecified atom stereocenters. The van der Waals surface area contributed by atoms with E-state index in [-0.39, 0.29) is 5.91 Å². The maximum absolute atomic E-state index is 12.7. The van der Waals surface area contributed by atoms with Gasteiger partial charge in [0.1, 0.15) is 0 Å². The summed E-state index contributed by atoms with van der Waals surface area (Å²) >= 11 is 4.89. The minimum Gasteiger partial charge on any atom is -0.287 e. The lowest BCUT2D eigenvalue weighted by atomic mass is 10.1. The summed E-state index contributed by atoms with van der Waals surface area (Å²) < 4.78 is 0.994. The Morgan fingerprint density at radius 3 is 2.64 bits per heavy atom. The second kappa shape index (κ2) is 7.58. The summed E-state index contributed by atoms with van der Waals surface area (Å²) in [6.07, 6.45) is 1.92. The lowest BCUT2D eigenvalue weighted by molar-refractivity contribution is -0.122. The number of carbonyl (C=O) groups is 1. The molecule has 3 nitrogen and oxygen atoms in total. The molecule has 0 bridgehead atoms. The molecule has 0 N–H and O–H groups in total. The third-order valence-corrected chi connectivity index (χ3v) is 5.57. The van der Waals surface area contributed by atoms with Gasteiger partial charge in [-0.25, -0.2) is 4.99 Å². The zero-order valence-corrected chi connectivity index (χ0v) is 16.8. The highest BCUT2D eigenvalue weighted by atomic mass is 79.9. The lowest BCUT2D eigenvalue weighted by Crippen LogP contribution is -2.28. The zero-order valence-electron chi connectivity index (χ0n) is 14.4. The van der Waals surface area contributed by atoms with Crippen LogP contribution in [0, 0.1) is 13.8 Å². The fourth-order valence-electron chi connectivity index (χ4n) is 2.52. The Morgan fingerprint density at radius 1 is 1.16 bits per heavy atom. The van der Waals surface area contributed by atoms with Crippen molar-refractivity contribution in [1.29, 1.82) is 0 Å². The van der Waals surface area contributed by atoms with E-state index in [1.165, 1.54) is 22.9 Å². The number of halogens is 1. The molecule has 3 rings (SSSR count). The normalized spacial score (nSPS) is 17.8. The molecule has 1 heterocycles. The number of nitrogens with zero attached hydrogens (tertiary/aromatic N) is 2. The minimum atomic E-state index is 0.00931. The summed E-state index contributed by atoms with van der Waals surface area (Å²) in [4.78, 5) is 19.8.